The van der Waals surface area contributed by atoms with Crippen molar-refractivity contribution in [2.45, 2.75) is 31.8 Å². The molecule has 5 rings (SSSR count). The first-order valence-electron chi connectivity index (χ1n) is 11.1. The second-order valence-electron chi connectivity index (χ2n) is 8.13. The van der Waals surface area contributed by atoms with Crippen molar-refractivity contribution in [1.82, 2.24) is 9.47 Å². The van der Waals surface area contributed by atoms with Crippen molar-refractivity contribution in [1.29, 1.82) is 5.26 Å². The number of nitriles is 1. The normalized spacial score (nSPS) is 17.7. The Kier molecular flexibility index (Phi) is 5.55. The second-order valence-corrected chi connectivity index (χ2v) is 8.13. The van der Waals surface area contributed by atoms with Crippen LogP contribution >= 0.6 is 0 Å². The predicted molar refractivity (Wildman–Crippen MR) is 122 cm³/mol. The lowest BCUT2D eigenvalue weighted by atomic mass is 10.0. The Balaban J connectivity index is 1.37. The van der Waals surface area contributed by atoms with Gasteiger partial charge in [0.25, 0.3) is 0 Å². The Morgan fingerprint density at radius 2 is 2.00 bits per heavy atom. The number of carbonyl (C=O) groups excluding carboxylic acids is 1. The van der Waals surface area contributed by atoms with Gasteiger partial charge in [-0.3, -0.25) is 4.79 Å². The molecule has 6 heteroatoms. The van der Waals surface area contributed by atoms with Crippen LogP contribution in [0.25, 0.3) is 17.0 Å². The highest BCUT2D eigenvalue weighted by Gasteiger charge is 2.29. The van der Waals surface area contributed by atoms with Crippen molar-refractivity contribution in [2.75, 3.05) is 19.8 Å². The number of hydrogen-bond acceptors (Lipinski definition) is 4. The Hall–Kier alpha value is -3.72. The quantitative estimate of drug-likeness (QED) is 0.554. The molecule has 1 saturated heterocycles. The zero-order valence-corrected chi connectivity index (χ0v) is 17.9. The molecule has 162 valence electrons. The van der Waals surface area contributed by atoms with Crippen molar-refractivity contribution >= 4 is 22.9 Å². The number of aromatic nitrogens is 1. The van der Waals surface area contributed by atoms with Gasteiger partial charge >= 0.3 is 0 Å². The van der Waals surface area contributed by atoms with Gasteiger partial charge in [-0.05, 0) is 42.7 Å². The Morgan fingerprint density at radius 3 is 2.88 bits per heavy atom. The van der Waals surface area contributed by atoms with Gasteiger partial charge in [0.05, 0.1) is 18.5 Å². The number of ether oxygens (including phenoxy) is 2. The summed E-state index contributed by atoms with van der Waals surface area (Å²) in [6, 6.07) is 16.3. The number of benzene rings is 2. The van der Waals surface area contributed by atoms with E-state index in [1.165, 1.54) is 0 Å². The molecule has 6 nitrogen and oxygen atoms in total. The van der Waals surface area contributed by atoms with Crippen LogP contribution in [-0.4, -0.2) is 35.1 Å². The van der Waals surface area contributed by atoms with E-state index >= 15 is 0 Å². The second kappa shape index (κ2) is 8.80. The molecule has 2 aromatic carbocycles. The van der Waals surface area contributed by atoms with Gasteiger partial charge in [-0.1, -0.05) is 24.3 Å². The minimum atomic E-state index is 0.0104. The topological polar surface area (TPSA) is 67.5 Å². The van der Waals surface area contributed by atoms with Gasteiger partial charge in [-0.15, -0.1) is 0 Å². The lowest BCUT2D eigenvalue weighted by Crippen LogP contribution is -2.29. The zero-order valence-electron chi connectivity index (χ0n) is 17.9. The smallest absolute Gasteiger partial charge is 0.247 e. The van der Waals surface area contributed by atoms with Gasteiger partial charge < -0.3 is 18.9 Å². The summed E-state index contributed by atoms with van der Waals surface area (Å²) in [6.07, 6.45) is 7.96. The van der Waals surface area contributed by atoms with E-state index in [9.17, 15) is 4.79 Å². The molecule has 3 heterocycles. The molecule has 0 spiro atoms. The minimum Gasteiger partial charge on any atom is -0.486 e. The van der Waals surface area contributed by atoms with E-state index in [1.807, 2.05) is 53.6 Å². The van der Waals surface area contributed by atoms with Crippen LogP contribution in [0.5, 0.6) is 11.5 Å². The molecule has 2 aliphatic rings. The summed E-state index contributed by atoms with van der Waals surface area (Å²) in [4.78, 5) is 15.1. The van der Waals surface area contributed by atoms with Gasteiger partial charge in [0, 0.05) is 41.8 Å². The maximum absolute atomic E-state index is 13.1. The maximum atomic E-state index is 13.1. The van der Waals surface area contributed by atoms with Crippen molar-refractivity contribution < 1.29 is 14.3 Å². The molecule has 32 heavy (non-hydrogen) atoms. The largest absolute Gasteiger partial charge is 0.486 e. The fourth-order valence-electron chi connectivity index (χ4n) is 4.66. The van der Waals surface area contributed by atoms with Crippen LogP contribution in [-0.2, 0) is 11.3 Å². The Bertz CT molecular complexity index is 1220. The highest BCUT2D eigenvalue weighted by atomic mass is 16.6. The molecule has 1 fully saturated rings. The summed E-state index contributed by atoms with van der Waals surface area (Å²) in [5, 5.41) is 10.0. The van der Waals surface area contributed by atoms with Crippen LogP contribution < -0.4 is 9.47 Å². The summed E-state index contributed by atoms with van der Waals surface area (Å²) in [6.45, 7) is 2.50. The SMILES string of the molecule is N#CCCn1cc(/C=C/C(=O)N2CCCC2c2ccc3c(c2)OCCO3)c2ccccc21. The number of hydrogen-bond donors (Lipinski definition) is 0. The first kappa shape index (κ1) is 20.2. The number of likely N-dealkylation sites (tertiary alicyclic amines) is 1. The molecule has 1 atom stereocenters. The summed E-state index contributed by atoms with van der Waals surface area (Å²) in [5.41, 5.74) is 3.15. The van der Waals surface area contributed by atoms with E-state index < -0.39 is 0 Å². The van der Waals surface area contributed by atoms with Crippen LogP contribution in [0.3, 0.4) is 0 Å². The molecule has 1 amide bonds. The van der Waals surface area contributed by atoms with Gasteiger partial charge in [-0.2, -0.15) is 5.26 Å². The van der Waals surface area contributed by atoms with Crippen molar-refractivity contribution in [3.63, 3.8) is 0 Å². The lowest BCUT2D eigenvalue weighted by Gasteiger charge is -2.26. The molecule has 0 aliphatic carbocycles. The molecule has 1 unspecified atom stereocenters. The van der Waals surface area contributed by atoms with Crippen LogP contribution in [0.2, 0.25) is 0 Å². The van der Waals surface area contributed by atoms with Gasteiger partial charge in [0.1, 0.15) is 13.2 Å². The third kappa shape index (κ3) is 3.82. The molecule has 0 saturated carbocycles. The average molecular weight is 428 g/mol. The van der Waals surface area contributed by atoms with Gasteiger partial charge in [-0.25, -0.2) is 0 Å². The van der Waals surface area contributed by atoms with Crippen LogP contribution in [0.1, 0.15) is 36.4 Å². The predicted octanol–water partition coefficient (Wildman–Crippen LogP) is 4.70. The van der Waals surface area contributed by atoms with Crippen molar-refractivity contribution in [3.8, 4) is 17.6 Å². The Morgan fingerprint density at radius 1 is 1.16 bits per heavy atom. The van der Waals surface area contributed by atoms with Gasteiger partial charge in [0.2, 0.25) is 5.91 Å². The van der Waals surface area contributed by atoms with Crippen molar-refractivity contribution in [3.05, 3.63) is 65.9 Å². The molecule has 3 aromatic rings. The molecule has 0 bridgehead atoms. The fourth-order valence-corrected chi connectivity index (χ4v) is 4.66. The fraction of sp³-hybridized carbons (Fsp3) is 0.308. The number of para-hydroxylation sites is 1. The van der Waals surface area contributed by atoms with E-state index in [1.54, 1.807) is 6.08 Å². The summed E-state index contributed by atoms with van der Waals surface area (Å²) in [7, 11) is 0. The summed E-state index contributed by atoms with van der Waals surface area (Å²) >= 11 is 0. The minimum absolute atomic E-state index is 0.0104. The lowest BCUT2D eigenvalue weighted by molar-refractivity contribution is -0.126. The maximum Gasteiger partial charge on any atom is 0.247 e. The number of aryl methyl sites for hydroxylation is 1. The standard InChI is InChI=1S/C26H25N3O3/c27-12-4-13-28-18-20(21-5-1-2-6-23(21)28)9-11-26(30)29-14-3-7-22(29)19-8-10-24-25(17-19)32-16-15-31-24/h1-2,5-6,8-11,17-18,22H,3-4,7,13-16H2/b11-9+. The third-order valence-electron chi connectivity index (χ3n) is 6.18. The van der Waals surface area contributed by atoms with Crippen LogP contribution in [0, 0.1) is 11.3 Å². The molecular formula is C26H25N3O3. The zero-order chi connectivity index (χ0) is 21.9. The molecular weight excluding hydrogens is 402 g/mol. The van der Waals surface area contributed by atoms with Crippen LogP contribution in [0.4, 0.5) is 0 Å². The number of nitrogens with zero attached hydrogens (tertiary/aromatic N) is 3. The first-order valence-corrected chi connectivity index (χ1v) is 11.1. The van der Waals surface area contributed by atoms with E-state index in [4.69, 9.17) is 14.7 Å². The number of fused-ring (bicyclic) bond motifs is 2. The van der Waals surface area contributed by atoms with E-state index in [0.717, 1.165) is 52.9 Å². The van der Waals surface area contributed by atoms with Gasteiger partial charge in [0.15, 0.2) is 11.5 Å². The number of rotatable bonds is 5. The average Bonchev–Trinajstić information content (AvgIpc) is 3.46. The van der Waals surface area contributed by atoms with Crippen molar-refractivity contribution in [2.24, 2.45) is 0 Å². The third-order valence-corrected chi connectivity index (χ3v) is 6.18. The molecule has 1 aromatic heterocycles. The number of carbonyl (C=O) groups is 1. The highest BCUT2D eigenvalue weighted by Crippen LogP contribution is 2.38. The molecule has 2 aliphatic heterocycles. The Labute approximate surface area is 187 Å². The van der Waals surface area contributed by atoms with E-state index in [-0.39, 0.29) is 11.9 Å². The van der Waals surface area contributed by atoms with E-state index in [2.05, 4.69) is 16.7 Å². The monoisotopic (exact) mass is 427 g/mol. The number of amides is 1. The summed E-state index contributed by atoms with van der Waals surface area (Å²) in [5.74, 6) is 1.54. The first-order chi connectivity index (χ1) is 15.7. The molecule has 0 radical (unpaired) electrons. The van der Waals surface area contributed by atoms with Crippen LogP contribution in [0.15, 0.2) is 54.7 Å². The van der Waals surface area contributed by atoms with E-state index in [0.29, 0.717) is 26.2 Å². The summed E-state index contributed by atoms with van der Waals surface area (Å²) < 4.78 is 13.4. The molecule has 0 N–H and O–H groups in total. The highest BCUT2D eigenvalue weighted by molar-refractivity contribution is 5.96.